The fourth-order valence-corrected chi connectivity index (χ4v) is 5.70. The maximum atomic E-state index is 13.8. The summed E-state index contributed by atoms with van der Waals surface area (Å²) in [6, 6.07) is 0. The van der Waals surface area contributed by atoms with Gasteiger partial charge in [0.05, 0.1) is 18.8 Å². The van der Waals surface area contributed by atoms with Crippen LogP contribution in [0.2, 0.25) is 0 Å². The number of carbonyl (C=O) groups is 2. The molecule has 2 aliphatic rings. The van der Waals surface area contributed by atoms with Crippen LogP contribution in [0.3, 0.4) is 0 Å². The van der Waals surface area contributed by atoms with Gasteiger partial charge in [0.15, 0.2) is 5.16 Å². The summed E-state index contributed by atoms with van der Waals surface area (Å²) in [6.45, 7) is 22.7. The van der Waals surface area contributed by atoms with E-state index in [-0.39, 0.29) is 52.4 Å². The Hall–Kier alpha value is -2.49. The Labute approximate surface area is 236 Å². The number of carbonyl (C=O) groups excluding carboxylic acids is 2. The average Bonchev–Trinajstić information content (AvgIpc) is 3.21. The molecular weight excluding hydrogens is 518 g/mol. The van der Waals surface area contributed by atoms with Gasteiger partial charge in [-0.15, -0.1) is 0 Å². The summed E-state index contributed by atoms with van der Waals surface area (Å²) in [4.78, 5) is 45.9. The van der Waals surface area contributed by atoms with Crippen LogP contribution in [0.25, 0.3) is 0 Å². The lowest BCUT2D eigenvalue weighted by atomic mass is 9.81. The van der Waals surface area contributed by atoms with E-state index in [9.17, 15) is 14.4 Å². The minimum Gasteiger partial charge on any atom is -0.464 e. The second kappa shape index (κ2) is 10.8. The van der Waals surface area contributed by atoms with Crippen LogP contribution in [0, 0.1) is 16.2 Å². The summed E-state index contributed by atoms with van der Waals surface area (Å²) < 4.78 is 19.2. The van der Waals surface area contributed by atoms with E-state index in [0.717, 1.165) is 6.42 Å². The summed E-state index contributed by atoms with van der Waals surface area (Å²) in [7, 11) is 0. The van der Waals surface area contributed by atoms with E-state index in [1.54, 1.807) is 0 Å². The van der Waals surface area contributed by atoms with Crippen molar-refractivity contribution >= 4 is 23.7 Å². The summed E-state index contributed by atoms with van der Waals surface area (Å²) in [5.41, 5.74) is -1.70. The van der Waals surface area contributed by atoms with E-state index in [0.29, 0.717) is 17.5 Å². The predicted molar refractivity (Wildman–Crippen MR) is 152 cm³/mol. The third-order valence-electron chi connectivity index (χ3n) is 5.86. The van der Waals surface area contributed by atoms with Gasteiger partial charge in [-0.25, -0.2) is 4.79 Å². The van der Waals surface area contributed by atoms with Crippen LogP contribution >= 0.6 is 11.8 Å². The number of nitrogens with one attached hydrogen (secondary N) is 1. The van der Waals surface area contributed by atoms with E-state index in [2.05, 4.69) is 31.1 Å². The molecule has 0 spiro atoms. The maximum absolute atomic E-state index is 13.8. The smallest absolute Gasteiger partial charge is 0.340 e. The van der Waals surface area contributed by atoms with Crippen molar-refractivity contribution in [3.05, 3.63) is 27.4 Å². The number of hydrogen-bond donors (Lipinski definition) is 1. The Balaban J connectivity index is 2.21. The first kappa shape index (κ1) is 31.0. The molecular formula is C29H45N3O6S. The fraction of sp³-hybridized carbons (Fsp3) is 0.724. The lowest BCUT2D eigenvalue weighted by molar-refractivity contribution is -0.151. The Kier molecular flexibility index (Phi) is 8.61. The van der Waals surface area contributed by atoms with E-state index in [1.165, 1.54) is 16.3 Å². The van der Waals surface area contributed by atoms with Crippen molar-refractivity contribution < 1.29 is 23.8 Å². The quantitative estimate of drug-likeness (QED) is 0.361. The largest absolute Gasteiger partial charge is 0.464 e. The summed E-state index contributed by atoms with van der Waals surface area (Å²) in [5, 5.41) is 3.88. The molecule has 1 atom stereocenters. The second-order valence-electron chi connectivity index (χ2n) is 14.7. The number of nitrogens with zero attached hydrogens (tertiary/aromatic N) is 2. The number of rotatable bonds is 7. The van der Waals surface area contributed by atoms with Crippen molar-refractivity contribution in [2.75, 3.05) is 19.0 Å². The molecule has 0 bridgehead atoms. The van der Waals surface area contributed by atoms with Crippen LogP contribution in [0.15, 0.2) is 21.4 Å². The topological polar surface area (TPSA) is 109 Å². The van der Waals surface area contributed by atoms with E-state index in [4.69, 9.17) is 14.2 Å². The number of fused-ring (bicyclic) bond motifs is 2. The molecule has 10 heteroatoms. The minimum absolute atomic E-state index is 0.00189. The van der Waals surface area contributed by atoms with Crippen LogP contribution in [-0.4, -0.2) is 46.0 Å². The highest BCUT2D eigenvalue weighted by molar-refractivity contribution is 7.99. The molecule has 0 aliphatic carbocycles. The van der Waals surface area contributed by atoms with Crippen LogP contribution < -0.4 is 15.6 Å². The third kappa shape index (κ3) is 8.02. The van der Waals surface area contributed by atoms with Gasteiger partial charge in [-0.3, -0.25) is 14.2 Å². The Bertz CT molecular complexity index is 1210. The van der Waals surface area contributed by atoms with Crippen LogP contribution in [0.1, 0.15) is 94.1 Å². The lowest BCUT2D eigenvalue weighted by Crippen LogP contribution is -2.47. The fourth-order valence-electron chi connectivity index (χ4n) is 4.77. The van der Waals surface area contributed by atoms with E-state index < -0.39 is 29.0 Å². The summed E-state index contributed by atoms with van der Waals surface area (Å²) >= 11 is 1.45. The first-order valence-electron chi connectivity index (χ1n) is 13.5. The standard InChI is InChI=1S/C29H45N3O6S/c1-26(2,3)14-29(10,11)31-21-19(24(35)37-16-28(7,8)9)17(23(34)36-15-27(4,5)6)18-20(38-21)30-25-32(22(18)33)12-13-39-25/h17,31H,12-16H2,1-11H3. The highest BCUT2D eigenvalue weighted by Gasteiger charge is 2.46. The molecule has 3 heterocycles. The highest BCUT2D eigenvalue weighted by atomic mass is 32.2. The molecule has 218 valence electrons. The zero-order valence-electron chi connectivity index (χ0n) is 25.4. The molecule has 0 saturated carbocycles. The lowest BCUT2D eigenvalue weighted by Gasteiger charge is -2.37. The Morgan fingerprint density at radius 2 is 1.56 bits per heavy atom. The van der Waals surface area contributed by atoms with Crippen molar-refractivity contribution in [3.63, 3.8) is 0 Å². The zero-order chi connectivity index (χ0) is 29.6. The molecule has 0 amide bonds. The molecule has 0 aromatic carbocycles. The summed E-state index contributed by atoms with van der Waals surface area (Å²) in [6.07, 6.45) is 0.722. The molecule has 9 nitrogen and oxygen atoms in total. The zero-order valence-corrected chi connectivity index (χ0v) is 26.2. The third-order valence-corrected chi connectivity index (χ3v) is 6.82. The Morgan fingerprint density at radius 1 is 0.974 bits per heavy atom. The van der Waals surface area contributed by atoms with Gasteiger partial charge in [0.1, 0.15) is 11.5 Å². The van der Waals surface area contributed by atoms with Crippen molar-refractivity contribution in [1.29, 1.82) is 0 Å². The van der Waals surface area contributed by atoms with Crippen LogP contribution in [0.4, 0.5) is 0 Å². The Morgan fingerprint density at radius 3 is 2.13 bits per heavy atom. The number of aromatic nitrogens is 2. The normalized spacial score (nSPS) is 17.8. The van der Waals surface area contributed by atoms with Gasteiger partial charge in [0, 0.05) is 17.8 Å². The number of esters is 2. The average molecular weight is 564 g/mol. The van der Waals surface area contributed by atoms with E-state index in [1.807, 2.05) is 55.4 Å². The molecule has 3 rings (SSSR count). The molecule has 0 radical (unpaired) electrons. The van der Waals surface area contributed by atoms with Crippen LogP contribution in [-0.2, 0) is 25.6 Å². The van der Waals surface area contributed by atoms with Gasteiger partial charge in [0.2, 0.25) is 11.8 Å². The number of thioether (sulfide) groups is 1. The first-order valence-corrected chi connectivity index (χ1v) is 14.5. The maximum Gasteiger partial charge on any atom is 0.340 e. The van der Waals surface area contributed by atoms with Crippen molar-refractivity contribution in [1.82, 2.24) is 14.9 Å². The number of hydrogen-bond acceptors (Lipinski definition) is 9. The molecule has 1 aromatic rings. The highest BCUT2D eigenvalue weighted by Crippen LogP contribution is 2.40. The SMILES string of the molecule is CC(C)(C)COC(=O)C1=C(NC(C)(C)CC(C)(C)C)Oc2nc3n(c(=O)c2C1C(=O)OCC(C)(C)C)CCS3. The molecule has 2 aliphatic heterocycles. The molecule has 0 fully saturated rings. The second-order valence-corrected chi connectivity index (χ2v) is 15.8. The molecule has 1 unspecified atom stereocenters. The van der Waals surface area contributed by atoms with Gasteiger partial charge < -0.3 is 19.5 Å². The predicted octanol–water partition coefficient (Wildman–Crippen LogP) is 5.02. The van der Waals surface area contributed by atoms with Crippen molar-refractivity contribution in [3.8, 4) is 5.88 Å². The monoisotopic (exact) mass is 563 g/mol. The molecule has 0 saturated heterocycles. The molecule has 1 aromatic heterocycles. The van der Waals surface area contributed by atoms with Gasteiger partial charge >= 0.3 is 11.9 Å². The first-order chi connectivity index (χ1) is 17.7. The molecule has 1 N–H and O–H groups in total. The molecule has 39 heavy (non-hydrogen) atoms. The van der Waals surface area contributed by atoms with E-state index >= 15 is 0 Å². The van der Waals surface area contributed by atoms with Gasteiger partial charge in [-0.05, 0) is 36.5 Å². The van der Waals surface area contributed by atoms with Crippen molar-refractivity contribution in [2.24, 2.45) is 16.2 Å². The summed E-state index contributed by atoms with van der Waals surface area (Å²) in [5.74, 6) is -2.04. The van der Waals surface area contributed by atoms with Crippen molar-refractivity contribution in [2.45, 2.75) is 106 Å². The minimum atomic E-state index is -1.35. The van der Waals surface area contributed by atoms with Crippen LogP contribution in [0.5, 0.6) is 5.88 Å². The number of ether oxygens (including phenoxy) is 3. The van der Waals surface area contributed by atoms with Gasteiger partial charge in [-0.2, -0.15) is 4.98 Å². The van der Waals surface area contributed by atoms with Gasteiger partial charge in [0.25, 0.3) is 5.56 Å². The van der Waals surface area contributed by atoms with Gasteiger partial charge in [-0.1, -0.05) is 74.1 Å².